The molecule has 1 rings (SSSR count). The van der Waals surface area contributed by atoms with E-state index in [9.17, 15) is 23.1 Å². The van der Waals surface area contributed by atoms with Crippen LogP contribution in [0.3, 0.4) is 0 Å². The van der Waals surface area contributed by atoms with Crippen LogP contribution in [-0.4, -0.2) is 36.0 Å². The Hall–Kier alpha value is -0.980. The van der Waals surface area contributed by atoms with E-state index in [1.165, 1.54) is 0 Å². The van der Waals surface area contributed by atoms with E-state index in [-0.39, 0.29) is 12.1 Å². The van der Waals surface area contributed by atoms with Gasteiger partial charge in [0.05, 0.1) is 6.10 Å². The van der Waals surface area contributed by atoms with Crippen molar-refractivity contribution >= 4 is 6.03 Å². The quantitative estimate of drug-likeness (QED) is 0.678. The molecular formula is C9H15F3N2O2. The number of amides is 2. The molecule has 1 saturated carbocycles. The first-order valence-corrected chi connectivity index (χ1v) is 5.16. The lowest BCUT2D eigenvalue weighted by Gasteiger charge is -2.26. The van der Waals surface area contributed by atoms with E-state index in [4.69, 9.17) is 0 Å². The standard InChI is InChI=1S/C9H15F3N2O2/c10-9(11,12)5-13-8(16)14-6-1-3-7(15)4-2-6/h6-7,15H,1-5H2,(H2,13,14,16). The van der Waals surface area contributed by atoms with Gasteiger partial charge in [0, 0.05) is 6.04 Å². The van der Waals surface area contributed by atoms with Gasteiger partial charge in [-0.05, 0) is 25.7 Å². The molecule has 1 fully saturated rings. The number of aliphatic hydroxyl groups excluding tert-OH is 1. The SMILES string of the molecule is O=C(NCC(F)(F)F)NC1CCC(O)CC1. The molecule has 4 nitrogen and oxygen atoms in total. The highest BCUT2D eigenvalue weighted by atomic mass is 19.4. The molecule has 0 aromatic rings. The highest BCUT2D eigenvalue weighted by Gasteiger charge is 2.28. The van der Waals surface area contributed by atoms with Crippen molar-refractivity contribution < 1.29 is 23.1 Å². The Morgan fingerprint density at radius 3 is 2.31 bits per heavy atom. The summed E-state index contributed by atoms with van der Waals surface area (Å²) in [5, 5.41) is 13.4. The van der Waals surface area contributed by atoms with E-state index >= 15 is 0 Å². The first kappa shape index (κ1) is 13.1. The Morgan fingerprint density at radius 2 is 1.81 bits per heavy atom. The molecule has 0 heterocycles. The van der Waals surface area contributed by atoms with Crippen molar-refractivity contribution in [1.82, 2.24) is 10.6 Å². The van der Waals surface area contributed by atoms with Gasteiger partial charge in [-0.1, -0.05) is 0 Å². The van der Waals surface area contributed by atoms with E-state index in [0.717, 1.165) is 0 Å². The van der Waals surface area contributed by atoms with Gasteiger partial charge in [0.25, 0.3) is 0 Å². The molecule has 0 unspecified atom stereocenters. The molecule has 0 aromatic carbocycles. The van der Waals surface area contributed by atoms with Crippen LogP contribution in [0, 0.1) is 0 Å². The van der Waals surface area contributed by atoms with Crippen molar-refractivity contribution in [3.05, 3.63) is 0 Å². The van der Waals surface area contributed by atoms with Gasteiger partial charge >= 0.3 is 12.2 Å². The summed E-state index contributed by atoms with van der Waals surface area (Å²) in [6.45, 7) is -1.33. The normalized spacial score (nSPS) is 26.2. The molecule has 0 saturated heterocycles. The highest BCUT2D eigenvalue weighted by molar-refractivity contribution is 5.74. The van der Waals surface area contributed by atoms with E-state index in [1.807, 2.05) is 0 Å². The van der Waals surface area contributed by atoms with E-state index in [1.54, 1.807) is 5.32 Å². The molecule has 0 aromatic heterocycles. The molecule has 0 radical (unpaired) electrons. The third kappa shape index (κ3) is 5.20. The van der Waals surface area contributed by atoms with Gasteiger partial charge in [0.15, 0.2) is 0 Å². The van der Waals surface area contributed by atoms with Gasteiger partial charge in [0.1, 0.15) is 6.54 Å². The van der Waals surface area contributed by atoms with Gasteiger partial charge < -0.3 is 15.7 Å². The maximum absolute atomic E-state index is 11.8. The molecule has 0 bridgehead atoms. The second-order valence-corrected chi connectivity index (χ2v) is 3.95. The fourth-order valence-corrected chi connectivity index (χ4v) is 1.64. The zero-order chi connectivity index (χ0) is 12.2. The predicted octanol–water partition coefficient (Wildman–Crippen LogP) is 1.15. The summed E-state index contributed by atoms with van der Waals surface area (Å²) >= 11 is 0. The number of halogens is 3. The van der Waals surface area contributed by atoms with Crippen LogP contribution >= 0.6 is 0 Å². The molecule has 1 aliphatic rings. The Balaban J connectivity index is 2.19. The molecular weight excluding hydrogens is 225 g/mol. The van der Waals surface area contributed by atoms with Crippen LogP contribution < -0.4 is 10.6 Å². The number of nitrogens with one attached hydrogen (secondary N) is 2. The molecule has 0 spiro atoms. The zero-order valence-corrected chi connectivity index (χ0v) is 8.68. The third-order valence-electron chi connectivity index (χ3n) is 2.48. The maximum Gasteiger partial charge on any atom is 0.405 e. The molecule has 3 N–H and O–H groups in total. The Bertz CT molecular complexity index is 237. The molecule has 0 aliphatic heterocycles. The molecule has 16 heavy (non-hydrogen) atoms. The Morgan fingerprint density at radius 1 is 1.25 bits per heavy atom. The third-order valence-corrected chi connectivity index (χ3v) is 2.48. The monoisotopic (exact) mass is 240 g/mol. The summed E-state index contributed by atoms with van der Waals surface area (Å²) in [6, 6.07) is -0.949. The lowest BCUT2D eigenvalue weighted by molar-refractivity contribution is -0.122. The minimum absolute atomic E-state index is 0.142. The van der Waals surface area contributed by atoms with Crippen molar-refractivity contribution in [2.24, 2.45) is 0 Å². The highest BCUT2D eigenvalue weighted by Crippen LogP contribution is 2.18. The Kier molecular flexibility index (Phi) is 4.40. The molecule has 0 atom stereocenters. The lowest BCUT2D eigenvalue weighted by Crippen LogP contribution is -2.46. The maximum atomic E-state index is 11.8. The smallest absolute Gasteiger partial charge is 0.393 e. The number of alkyl halides is 3. The molecule has 7 heteroatoms. The number of carbonyl (C=O) groups excluding carboxylic acids is 1. The van der Waals surface area contributed by atoms with Crippen LogP contribution in [0.1, 0.15) is 25.7 Å². The summed E-state index contributed by atoms with van der Waals surface area (Å²) in [5.41, 5.74) is 0. The second-order valence-electron chi connectivity index (χ2n) is 3.95. The number of hydrogen-bond acceptors (Lipinski definition) is 2. The van der Waals surface area contributed by atoms with E-state index < -0.39 is 18.8 Å². The van der Waals surface area contributed by atoms with Crippen LogP contribution in [-0.2, 0) is 0 Å². The molecule has 2 amide bonds. The van der Waals surface area contributed by atoms with Crippen LogP contribution in [0.25, 0.3) is 0 Å². The van der Waals surface area contributed by atoms with Gasteiger partial charge in [-0.3, -0.25) is 0 Å². The Labute approximate surface area is 91.2 Å². The van der Waals surface area contributed by atoms with Crippen molar-refractivity contribution in [1.29, 1.82) is 0 Å². The van der Waals surface area contributed by atoms with Crippen LogP contribution in [0.2, 0.25) is 0 Å². The van der Waals surface area contributed by atoms with Crippen LogP contribution in [0.4, 0.5) is 18.0 Å². The van der Waals surface area contributed by atoms with E-state index in [2.05, 4.69) is 5.32 Å². The summed E-state index contributed by atoms with van der Waals surface area (Å²) in [5.74, 6) is 0. The van der Waals surface area contributed by atoms with Crippen LogP contribution in [0.5, 0.6) is 0 Å². The zero-order valence-electron chi connectivity index (χ0n) is 8.68. The number of urea groups is 1. The average Bonchev–Trinajstić information content (AvgIpc) is 2.18. The first-order chi connectivity index (χ1) is 7.37. The predicted molar refractivity (Wildman–Crippen MR) is 50.9 cm³/mol. The van der Waals surface area contributed by atoms with Gasteiger partial charge in [0.2, 0.25) is 0 Å². The fourth-order valence-electron chi connectivity index (χ4n) is 1.64. The average molecular weight is 240 g/mol. The number of hydrogen-bond donors (Lipinski definition) is 3. The van der Waals surface area contributed by atoms with Crippen molar-refractivity contribution in [2.45, 2.75) is 44.0 Å². The fraction of sp³-hybridized carbons (Fsp3) is 0.889. The van der Waals surface area contributed by atoms with Crippen molar-refractivity contribution in [2.75, 3.05) is 6.54 Å². The number of rotatable bonds is 2. The summed E-state index contributed by atoms with van der Waals surface area (Å²) < 4.78 is 35.3. The molecule has 94 valence electrons. The van der Waals surface area contributed by atoms with E-state index in [0.29, 0.717) is 25.7 Å². The molecule has 1 aliphatic carbocycles. The largest absolute Gasteiger partial charge is 0.405 e. The minimum atomic E-state index is -4.39. The van der Waals surface area contributed by atoms with Gasteiger partial charge in [-0.25, -0.2) is 4.79 Å². The van der Waals surface area contributed by atoms with Gasteiger partial charge in [-0.15, -0.1) is 0 Å². The van der Waals surface area contributed by atoms with Crippen molar-refractivity contribution in [3.63, 3.8) is 0 Å². The topological polar surface area (TPSA) is 61.4 Å². The van der Waals surface area contributed by atoms with Crippen LogP contribution in [0.15, 0.2) is 0 Å². The number of aliphatic hydroxyl groups is 1. The minimum Gasteiger partial charge on any atom is -0.393 e. The number of carbonyl (C=O) groups is 1. The lowest BCUT2D eigenvalue weighted by atomic mass is 9.93. The van der Waals surface area contributed by atoms with Crippen molar-refractivity contribution in [3.8, 4) is 0 Å². The first-order valence-electron chi connectivity index (χ1n) is 5.16. The summed E-state index contributed by atoms with van der Waals surface area (Å²) in [7, 11) is 0. The second kappa shape index (κ2) is 5.38. The summed E-state index contributed by atoms with van der Waals surface area (Å²) in [4.78, 5) is 11.1. The summed E-state index contributed by atoms with van der Waals surface area (Å²) in [6.07, 6.45) is -2.40. The van der Waals surface area contributed by atoms with Gasteiger partial charge in [-0.2, -0.15) is 13.2 Å².